The first-order valence-electron chi connectivity index (χ1n) is 13.5. The zero-order chi connectivity index (χ0) is 28.0. The lowest BCUT2D eigenvalue weighted by molar-refractivity contribution is -0.141. The number of halogens is 3. The van der Waals surface area contributed by atoms with Crippen molar-refractivity contribution in [2.75, 3.05) is 36.5 Å². The molecule has 6 rings (SSSR count). The third-order valence-corrected chi connectivity index (χ3v) is 7.77. The third kappa shape index (κ3) is 5.03. The monoisotopic (exact) mass is 549 g/mol. The van der Waals surface area contributed by atoms with E-state index in [4.69, 9.17) is 9.72 Å². The lowest BCUT2D eigenvalue weighted by Gasteiger charge is -2.29. The molecule has 0 bridgehead atoms. The Hall–Kier alpha value is -3.92. The second-order valence-corrected chi connectivity index (χ2v) is 10.7. The number of ether oxygens (including phenoxy) is 1. The molecule has 40 heavy (non-hydrogen) atoms. The number of nitrogens with zero attached hydrogens (tertiary/aromatic N) is 4. The van der Waals surface area contributed by atoms with Crippen molar-refractivity contribution in [3.63, 3.8) is 0 Å². The van der Waals surface area contributed by atoms with Crippen LogP contribution in [0.25, 0.3) is 16.8 Å². The van der Waals surface area contributed by atoms with Crippen LogP contribution in [0.5, 0.6) is 0 Å². The summed E-state index contributed by atoms with van der Waals surface area (Å²) in [7, 11) is 0. The van der Waals surface area contributed by atoms with Crippen molar-refractivity contribution in [3.8, 4) is 11.1 Å². The van der Waals surface area contributed by atoms with Gasteiger partial charge in [0.2, 0.25) is 0 Å². The molecular weight excluding hydrogens is 519 g/mol. The topological polar surface area (TPSA) is 71.8 Å². The number of carbonyl (C=O) groups excluding carboxylic acids is 1. The van der Waals surface area contributed by atoms with Crippen molar-refractivity contribution in [2.45, 2.75) is 39.3 Å². The molecule has 4 heterocycles. The summed E-state index contributed by atoms with van der Waals surface area (Å²) in [6.07, 6.45) is 1.53. The molecule has 7 nitrogen and oxygen atoms in total. The Bertz CT molecular complexity index is 1590. The van der Waals surface area contributed by atoms with Gasteiger partial charge >= 0.3 is 6.18 Å². The predicted octanol–water partition coefficient (Wildman–Crippen LogP) is 5.94. The fraction of sp³-hybridized carbons (Fsp3) is 0.367. The average molecular weight is 550 g/mol. The van der Waals surface area contributed by atoms with Gasteiger partial charge in [-0.1, -0.05) is 13.0 Å². The van der Waals surface area contributed by atoms with Crippen LogP contribution >= 0.6 is 0 Å². The maximum Gasteiger partial charge on any atom is 0.433 e. The van der Waals surface area contributed by atoms with E-state index in [1.165, 1.54) is 11.8 Å². The van der Waals surface area contributed by atoms with E-state index >= 15 is 0 Å². The van der Waals surface area contributed by atoms with E-state index in [9.17, 15) is 18.0 Å². The molecule has 1 unspecified atom stereocenters. The molecule has 1 aliphatic carbocycles. The number of fused-ring (bicyclic) bond motifs is 3. The summed E-state index contributed by atoms with van der Waals surface area (Å²) >= 11 is 0. The number of hydrogen-bond acceptors (Lipinski definition) is 5. The Morgan fingerprint density at radius 3 is 2.70 bits per heavy atom. The molecule has 10 heteroatoms. The lowest BCUT2D eigenvalue weighted by Crippen LogP contribution is -2.36. The van der Waals surface area contributed by atoms with Crippen LogP contribution in [0.3, 0.4) is 0 Å². The Morgan fingerprint density at radius 1 is 1.12 bits per heavy atom. The molecule has 0 spiro atoms. The third-order valence-electron chi connectivity index (χ3n) is 7.77. The van der Waals surface area contributed by atoms with E-state index in [0.29, 0.717) is 24.8 Å². The number of nitrogens with one attached hydrogen (secondary N) is 1. The first kappa shape index (κ1) is 26.3. The molecule has 1 N–H and O–H groups in total. The largest absolute Gasteiger partial charge is 0.433 e. The molecular formula is C30H30F3N5O2. The molecule has 0 saturated carbocycles. The van der Waals surface area contributed by atoms with E-state index in [0.717, 1.165) is 78.3 Å². The molecule has 208 valence electrons. The molecule has 2 aliphatic rings. The number of hydrogen-bond donors (Lipinski definition) is 1. The van der Waals surface area contributed by atoms with Gasteiger partial charge in [0.15, 0.2) is 5.65 Å². The molecule has 1 aromatic carbocycles. The number of anilines is 2. The van der Waals surface area contributed by atoms with Crippen LogP contribution in [0.15, 0.2) is 48.8 Å². The molecule has 1 saturated heterocycles. The zero-order valence-electron chi connectivity index (χ0n) is 22.4. The summed E-state index contributed by atoms with van der Waals surface area (Å²) in [6.45, 7) is 7.12. The number of imidazole rings is 1. The van der Waals surface area contributed by atoms with Gasteiger partial charge in [0, 0.05) is 48.0 Å². The Kier molecular flexibility index (Phi) is 6.74. The van der Waals surface area contributed by atoms with Gasteiger partial charge in [-0.3, -0.25) is 9.78 Å². The van der Waals surface area contributed by atoms with Gasteiger partial charge in [0.05, 0.1) is 24.6 Å². The van der Waals surface area contributed by atoms with Gasteiger partial charge in [0.25, 0.3) is 5.91 Å². The molecule has 4 aromatic rings. The molecule has 1 aliphatic heterocycles. The number of alkyl halides is 3. The van der Waals surface area contributed by atoms with E-state index in [-0.39, 0.29) is 5.56 Å². The highest BCUT2D eigenvalue weighted by atomic mass is 19.4. The van der Waals surface area contributed by atoms with Crippen molar-refractivity contribution in [3.05, 3.63) is 77.0 Å². The maximum absolute atomic E-state index is 13.1. The van der Waals surface area contributed by atoms with Crippen molar-refractivity contribution in [1.82, 2.24) is 14.4 Å². The summed E-state index contributed by atoms with van der Waals surface area (Å²) in [5.41, 5.74) is 6.57. The number of amides is 1. The quantitative estimate of drug-likeness (QED) is 0.341. The van der Waals surface area contributed by atoms with Crippen molar-refractivity contribution in [2.24, 2.45) is 5.92 Å². The molecule has 0 radical (unpaired) electrons. The van der Waals surface area contributed by atoms with Crippen LogP contribution in [0, 0.1) is 12.8 Å². The van der Waals surface area contributed by atoms with E-state index in [2.05, 4.69) is 38.8 Å². The van der Waals surface area contributed by atoms with Crippen LogP contribution in [0.4, 0.5) is 24.5 Å². The summed E-state index contributed by atoms with van der Waals surface area (Å²) in [5.74, 6) is -0.0564. The van der Waals surface area contributed by atoms with E-state index < -0.39 is 17.8 Å². The van der Waals surface area contributed by atoms with Crippen molar-refractivity contribution < 1.29 is 22.7 Å². The maximum atomic E-state index is 13.1. The van der Waals surface area contributed by atoms with Crippen LogP contribution in [0.2, 0.25) is 0 Å². The number of aryl methyl sites for hydroxylation is 2. The van der Waals surface area contributed by atoms with Gasteiger partial charge in [-0.05, 0) is 73.6 Å². The normalized spacial score (nSPS) is 17.6. The minimum Gasteiger partial charge on any atom is -0.378 e. The summed E-state index contributed by atoms with van der Waals surface area (Å²) in [4.78, 5) is 23.6. The van der Waals surface area contributed by atoms with Gasteiger partial charge in [0.1, 0.15) is 5.69 Å². The van der Waals surface area contributed by atoms with Crippen LogP contribution in [-0.2, 0) is 23.8 Å². The minimum atomic E-state index is -4.63. The van der Waals surface area contributed by atoms with Gasteiger partial charge < -0.3 is 19.4 Å². The predicted molar refractivity (Wildman–Crippen MR) is 147 cm³/mol. The second-order valence-electron chi connectivity index (χ2n) is 10.7. The zero-order valence-corrected chi connectivity index (χ0v) is 22.4. The standard InChI is InChI=1S/C30H30F3N5O2/c1-18-3-6-24-25(13-18)38-17-21(14-26(28(38)36-24)37-9-11-40-12-10-37)23-16-22(5-4-19(23)2)35-29(39)20-7-8-34-27(15-20)30(31,32)33/h4-5,7-8,14-18H,3,6,9-13H2,1-2H3,(H,35,39). The van der Waals surface area contributed by atoms with Crippen LogP contribution in [-0.4, -0.2) is 46.6 Å². The van der Waals surface area contributed by atoms with Crippen LogP contribution in [0.1, 0.15) is 46.3 Å². The Labute approximate surface area is 230 Å². The molecule has 1 amide bonds. The van der Waals surface area contributed by atoms with Crippen molar-refractivity contribution >= 4 is 22.9 Å². The number of aromatic nitrogens is 3. The number of morpholine rings is 1. The number of rotatable bonds is 4. The highest BCUT2D eigenvalue weighted by Crippen LogP contribution is 2.36. The molecule has 3 aromatic heterocycles. The van der Waals surface area contributed by atoms with Gasteiger partial charge in [-0.25, -0.2) is 4.98 Å². The Balaban J connectivity index is 1.40. The Morgan fingerprint density at radius 2 is 1.93 bits per heavy atom. The molecule has 1 fully saturated rings. The van der Waals surface area contributed by atoms with Crippen molar-refractivity contribution in [1.29, 1.82) is 0 Å². The summed E-state index contributed by atoms with van der Waals surface area (Å²) in [6, 6.07) is 9.71. The number of benzene rings is 1. The van der Waals surface area contributed by atoms with E-state index in [1.54, 1.807) is 6.07 Å². The molecule has 1 atom stereocenters. The van der Waals surface area contributed by atoms with E-state index in [1.807, 2.05) is 19.1 Å². The first-order valence-corrected chi connectivity index (χ1v) is 13.5. The highest BCUT2D eigenvalue weighted by molar-refractivity contribution is 6.04. The van der Waals surface area contributed by atoms with Gasteiger partial charge in [-0.15, -0.1) is 0 Å². The lowest BCUT2D eigenvalue weighted by atomic mass is 9.91. The first-order chi connectivity index (χ1) is 19.2. The minimum absolute atomic E-state index is 0.111. The average Bonchev–Trinajstić information content (AvgIpc) is 3.31. The fourth-order valence-corrected chi connectivity index (χ4v) is 5.58. The van der Waals surface area contributed by atoms with Crippen LogP contribution < -0.4 is 10.2 Å². The number of carbonyl (C=O) groups is 1. The fourth-order valence-electron chi connectivity index (χ4n) is 5.58. The summed E-state index contributed by atoms with van der Waals surface area (Å²) < 4.78 is 47.2. The smallest absolute Gasteiger partial charge is 0.378 e. The highest BCUT2D eigenvalue weighted by Gasteiger charge is 2.33. The summed E-state index contributed by atoms with van der Waals surface area (Å²) in [5, 5.41) is 2.76. The SMILES string of the molecule is Cc1ccc(NC(=O)c2ccnc(C(F)(F)F)c2)cc1-c1cc(N2CCOCC2)c2nc3c(n2c1)CC(C)CC3. The van der Waals surface area contributed by atoms with Gasteiger partial charge in [-0.2, -0.15) is 13.2 Å². The second kappa shape index (κ2) is 10.2. The number of pyridine rings is 2.